The van der Waals surface area contributed by atoms with E-state index in [1.54, 1.807) is 11.8 Å². The molecule has 0 spiro atoms. The molecule has 7 heteroatoms. The molecule has 5 rings (SSSR count). The normalized spacial score (nSPS) is 17.3. The number of ether oxygens (including phenoxy) is 2. The van der Waals surface area contributed by atoms with Crippen molar-refractivity contribution >= 4 is 17.5 Å². The van der Waals surface area contributed by atoms with Crippen LogP contribution in [0.25, 0.3) is 11.1 Å². The molecule has 1 saturated heterocycles. The predicted molar refractivity (Wildman–Crippen MR) is 148 cm³/mol. The fraction of sp³-hybridized carbons (Fsp3) is 0.355. The molecule has 0 aliphatic carbocycles. The lowest BCUT2D eigenvalue weighted by Gasteiger charge is -2.35. The van der Waals surface area contributed by atoms with Crippen molar-refractivity contribution in [3.8, 4) is 16.9 Å². The summed E-state index contributed by atoms with van der Waals surface area (Å²) >= 11 is 0. The monoisotopic (exact) mass is 513 g/mol. The van der Waals surface area contributed by atoms with E-state index in [-0.39, 0.29) is 24.5 Å². The average molecular weight is 514 g/mol. The zero-order valence-electron chi connectivity index (χ0n) is 22.3. The minimum absolute atomic E-state index is 0.0781. The standard InChI is InChI=1S/C31H35N3O4/c1-21-17-28-29(18-22(21)2)38-20-30(35)34(28)23(3)31(36)32-27(19-33-13-15-37-16-14-33)26-11-9-25(10-12-26)24-7-5-4-6-8-24/h4-12,17-18,23,27H,13-16,19-20H2,1-3H3,(H,32,36). The molecule has 2 aliphatic heterocycles. The van der Waals surface area contributed by atoms with Gasteiger partial charge in [0.2, 0.25) is 5.91 Å². The number of carbonyl (C=O) groups excluding carboxylic acids is 2. The van der Waals surface area contributed by atoms with Crippen molar-refractivity contribution in [2.45, 2.75) is 32.9 Å². The van der Waals surface area contributed by atoms with Gasteiger partial charge in [-0.2, -0.15) is 0 Å². The van der Waals surface area contributed by atoms with Gasteiger partial charge in [0, 0.05) is 19.6 Å². The Morgan fingerprint density at radius 3 is 2.32 bits per heavy atom. The van der Waals surface area contributed by atoms with E-state index in [4.69, 9.17) is 9.47 Å². The summed E-state index contributed by atoms with van der Waals surface area (Å²) in [5.74, 6) is 0.212. The number of fused-ring (bicyclic) bond motifs is 1. The minimum Gasteiger partial charge on any atom is -0.482 e. The summed E-state index contributed by atoms with van der Waals surface area (Å²) in [6, 6.07) is 21.5. The van der Waals surface area contributed by atoms with E-state index in [9.17, 15) is 9.59 Å². The molecule has 3 aromatic carbocycles. The smallest absolute Gasteiger partial charge is 0.265 e. The second-order valence-electron chi connectivity index (χ2n) is 10.1. The number of morpholine rings is 1. The molecule has 1 N–H and O–H groups in total. The molecule has 198 valence electrons. The van der Waals surface area contributed by atoms with Crippen molar-refractivity contribution < 1.29 is 19.1 Å². The van der Waals surface area contributed by atoms with Crippen LogP contribution >= 0.6 is 0 Å². The van der Waals surface area contributed by atoms with Crippen LogP contribution in [0.4, 0.5) is 5.69 Å². The molecule has 2 aliphatic rings. The molecule has 7 nitrogen and oxygen atoms in total. The van der Waals surface area contributed by atoms with Crippen LogP contribution in [-0.4, -0.2) is 62.2 Å². The summed E-state index contributed by atoms with van der Waals surface area (Å²) in [7, 11) is 0. The molecular formula is C31H35N3O4. The van der Waals surface area contributed by atoms with Crippen molar-refractivity contribution in [2.75, 3.05) is 44.4 Å². The van der Waals surface area contributed by atoms with Crippen molar-refractivity contribution in [3.05, 3.63) is 83.4 Å². The van der Waals surface area contributed by atoms with Crippen molar-refractivity contribution in [1.29, 1.82) is 0 Å². The Kier molecular flexibility index (Phi) is 7.77. The van der Waals surface area contributed by atoms with Gasteiger partial charge in [0.1, 0.15) is 11.8 Å². The van der Waals surface area contributed by atoms with Crippen LogP contribution in [0.1, 0.15) is 29.7 Å². The van der Waals surface area contributed by atoms with Crippen LogP contribution in [0.15, 0.2) is 66.7 Å². The first kappa shape index (κ1) is 25.9. The van der Waals surface area contributed by atoms with E-state index < -0.39 is 6.04 Å². The Morgan fingerprint density at radius 1 is 0.947 bits per heavy atom. The molecule has 2 heterocycles. The van der Waals surface area contributed by atoms with E-state index in [0.29, 0.717) is 31.2 Å². The molecule has 0 aromatic heterocycles. The SMILES string of the molecule is Cc1cc2c(cc1C)N(C(C)C(=O)NC(CN1CCOCC1)c1ccc(-c3ccccc3)cc1)C(=O)CO2. The highest BCUT2D eigenvalue weighted by Gasteiger charge is 2.34. The fourth-order valence-electron chi connectivity index (χ4n) is 5.07. The molecule has 2 unspecified atom stereocenters. The number of hydrogen-bond donors (Lipinski definition) is 1. The number of nitrogens with zero attached hydrogens (tertiary/aromatic N) is 2. The number of hydrogen-bond acceptors (Lipinski definition) is 5. The van der Waals surface area contributed by atoms with E-state index in [2.05, 4.69) is 46.6 Å². The number of rotatable bonds is 7. The molecule has 2 amide bonds. The zero-order valence-corrected chi connectivity index (χ0v) is 22.3. The molecule has 1 fully saturated rings. The summed E-state index contributed by atoms with van der Waals surface area (Å²) in [5.41, 5.74) is 6.07. The summed E-state index contributed by atoms with van der Waals surface area (Å²) in [4.78, 5) is 30.5. The van der Waals surface area contributed by atoms with Gasteiger partial charge >= 0.3 is 0 Å². The third-order valence-corrected chi connectivity index (χ3v) is 7.50. The maximum Gasteiger partial charge on any atom is 0.265 e. The summed E-state index contributed by atoms with van der Waals surface area (Å²) in [6.45, 7) is 9.37. The highest BCUT2D eigenvalue weighted by atomic mass is 16.5. The van der Waals surface area contributed by atoms with Gasteiger partial charge in [-0.15, -0.1) is 0 Å². The fourth-order valence-corrected chi connectivity index (χ4v) is 5.07. The van der Waals surface area contributed by atoms with Gasteiger partial charge in [-0.1, -0.05) is 54.6 Å². The van der Waals surface area contributed by atoms with Gasteiger partial charge in [0.15, 0.2) is 6.61 Å². The average Bonchev–Trinajstić information content (AvgIpc) is 2.94. The van der Waals surface area contributed by atoms with Crippen LogP contribution in [0.5, 0.6) is 5.75 Å². The third kappa shape index (κ3) is 5.59. The van der Waals surface area contributed by atoms with Crippen LogP contribution < -0.4 is 15.0 Å². The van der Waals surface area contributed by atoms with Crippen molar-refractivity contribution in [2.24, 2.45) is 0 Å². The van der Waals surface area contributed by atoms with Gasteiger partial charge < -0.3 is 14.8 Å². The Bertz CT molecular complexity index is 1290. The van der Waals surface area contributed by atoms with Gasteiger partial charge in [-0.05, 0) is 60.7 Å². The molecule has 0 saturated carbocycles. The van der Waals surface area contributed by atoms with Crippen molar-refractivity contribution in [1.82, 2.24) is 10.2 Å². The predicted octanol–water partition coefficient (Wildman–Crippen LogP) is 4.27. The van der Waals surface area contributed by atoms with E-state index in [0.717, 1.165) is 40.9 Å². The maximum absolute atomic E-state index is 13.7. The first-order valence-corrected chi connectivity index (χ1v) is 13.2. The first-order chi connectivity index (χ1) is 18.4. The topological polar surface area (TPSA) is 71.1 Å². The molecule has 2 atom stereocenters. The summed E-state index contributed by atoms with van der Waals surface area (Å²) in [5, 5.41) is 3.26. The zero-order chi connectivity index (χ0) is 26.6. The molecule has 0 bridgehead atoms. The number of amides is 2. The second kappa shape index (κ2) is 11.4. The van der Waals surface area contributed by atoms with Crippen molar-refractivity contribution in [3.63, 3.8) is 0 Å². The Hall–Kier alpha value is -3.68. The second-order valence-corrected chi connectivity index (χ2v) is 10.1. The van der Waals surface area contributed by atoms with Gasteiger partial charge in [-0.25, -0.2) is 0 Å². The number of anilines is 1. The van der Waals surface area contributed by atoms with E-state index in [1.165, 1.54) is 0 Å². The highest BCUT2D eigenvalue weighted by Crippen LogP contribution is 2.36. The first-order valence-electron chi connectivity index (χ1n) is 13.2. The quantitative estimate of drug-likeness (QED) is 0.511. The van der Waals surface area contributed by atoms with Gasteiger partial charge in [0.05, 0.1) is 24.9 Å². The van der Waals surface area contributed by atoms with Crippen LogP contribution in [0.2, 0.25) is 0 Å². The lowest BCUT2D eigenvalue weighted by Crippen LogP contribution is -2.53. The van der Waals surface area contributed by atoms with Gasteiger partial charge in [-0.3, -0.25) is 19.4 Å². The number of aryl methyl sites for hydroxylation is 2. The molecule has 0 radical (unpaired) electrons. The Balaban J connectivity index is 1.39. The number of carbonyl (C=O) groups is 2. The van der Waals surface area contributed by atoms with Crippen LogP contribution in [0.3, 0.4) is 0 Å². The highest BCUT2D eigenvalue weighted by molar-refractivity contribution is 6.03. The minimum atomic E-state index is -0.692. The van der Waals surface area contributed by atoms with E-state index in [1.807, 2.05) is 44.2 Å². The number of nitrogens with one attached hydrogen (secondary N) is 1. The van der Waals surface area contributed by atoms with Crippen LogP contribution in [-0.2, 0) is 14.3 Å². The molecule has 3 aromatic rings. The summed E-state index contributed by atoms with van der Waals surface area (Å²) < 4.78 is 11.2. The lowest BCUT2D eigenvalue weighted by molar-refractivity contribution is -0.128. The third-order valence-electron chi connectivity index (χ3n) is 7.50. The maximum atomic E-state index is 13.7. The molecular weight excluding hydrogens is 478 g/mol. The van der Waals surface area contributed by atoms with Gasteiger partial charge in [0.25, 0.3) is 5.91 Å². The largest absolute Gasteiger partial charge is 0.482 e. The Labute approximate surface area is 224 Å². The number of benzene rings is 3. The lowest BCUT2D eigenvalue weighted by atomic mass is 10.00. The Morgan fingerprint density at radius 2 is 1.61 bits per heavy atom. The van der Waals surface area contributed by atoms with Crippen LogP contribution in [0, 0.1) is 13.8 Å². The molecule has 38 heavy (non-hydrogen) atoms. The summed E-state index contributed by atoms with van der Waals surface area (Å²) in [6.07, 6.45) is 0. The van der Waals surface area contributed by atoms with E-state index >= 15 is 0 Å².